The third-order valence-corrected chi connectivity index (χ3v) is 3.02. The number of hydrogen-bond acceptors (Lipinski definition) is 3. The first-order valence-corrected chi connectivity index (χ1v) is 6.09. The largest absolute Gasteiger partial charge is 0.460 e. The Balaban J connectivity index is 2.36. The van der Waals surface area contributed by atoms with Crippen LogP contribution in [0.1, 0.15) is 52.9 Å². The van der Waals surface area contributed by atoms with Crippen molar-refractivity contribution < 1.29 is 14.3 Å². The van der Waals surface area contributed by atoms with E-state index in [0.29, 0.717) is 12.3 Å². The molecule has 0 aromatic carbocycles. The van der Waals surface area contributed by atoms with Gasteiger partial charge in [0.1, 0.15) is 11.9 Å². The fourth-order valence-corrected chi connectivity index (χ4v) is 2.16. The van der Waals surface area contributed by atoms with Crippen LogP contribution in [0, 0.1) is 11.8 Å². The quantitative estimate of drug-likeness (QED) is 0.549. The van der Waals surface area contributed by atoms with E-state index in [1.807, 2.05) is 20.8 Å². The van der Waals surface area contributed by atoms with Gasteiger partial charge in [-0.2, -0.15) is 0 Å². The molecule has 92 valence electrons. The maximum Gasteiger partial charge on any atom is 0.309 e. The zero-order valence-corrected chi connectivity index (χ0v) is 10.5. The molecule has 0 unspecified atom stereocenters. The fraction of sp³-hybridized carbons (Fsp3) is 0.846. The lowest BCUT2D eigenvalue weighted by atomic mass is 9.81. The topological polar surface area (TPSA) is 43.4 Å². The highest BCUT2D eigenvalue weighted by molar-refractivity contribution is 5.73. The highest BCUT2D eigenvalue weighted by Gasteiger charge is 2.29. The van der Waals surface area contributed by atoms with Crippen molar-refractivity contribution in [3.05, 3.63) is 0 Å². The van der Waals surface area contributed by atoms with Gasteiger partial charge in [0.2, 0.25) is 0 Å². The second-order valence-corrected chi connectivity index (χ2v) is 5.65. The second kappa shape index (κ2) is 5.46. The molecule has 0 saturated heterocycles. The average Bonchev–Trinajstić information content (AvgIpc) is 2.16. The van der Waals surface area contributed by atoms with Crippen molar-refractivity contribution in [2.45, 2.75) is 58.5 Å². The smallest absolute Gasteiger partial charge is 0.309 e. The Kier molecular flexibility index (Phi) is 4.51. The van der Waals surface area contributed by atoms with Crippen LogP contribution < -0.4 is 0 Å². The van der Waals surface area contributed by atoms with Gasteiger partial charge in [-0.05, 0) is 52.4 Å². The molecule has 0 heterocycles. The summed E-state index contributed by atoms with van der Waals surface area (Å²) in [7, 11) is 0. The number of ether oxygens (including phenoxy) is 1. The first kappa shape index (κ1) is 13.2. The van der Waals surface area contributed by atoms with Crippen molar-refractivity contribution >= 4 is 12.3 Å². The molecule has 0 spiro atoms. The number of esters is 1. The zero-order valence-electron chi connectivity index (χ0n) is 10.5. The minimum atomic E-state index is -0.392. The predicted octanol–water partition coefficient (Wildman–Crippen LogP) is 2.72. The lowest BCUT2D eigenvalue weighted by molar-refractivity contribution is -0.161. The summed E-state index contributed by atoms with van der Waals surface area (Å²) in [6.45, 7) is 5.68. The van der Waals surface area contributed by atoms with Gasteiger partial charge in [-0.15, -0.1) is 0 Å². The van der Waals surface area contributed by atoms with Crippen molar-refractivity contribution in [1.82, 2.24) is 0 Å². The van der Waals surface area contributed by atoms with Crippen molar-refractivity contribution in [2.75, 3.05) is 0 Å². The number of carbonyl (C=O) groups is 2. The highest BCUT2D eigenvalue weighted by Crippen LogP contribution is 2.31. The summed E-state index contributed by atoms with van der Waals surface area (Å²) in [6.07, 6.45) is 5.31. The van der Waals surface area contributed by atoms with Crippen LogP contribution in [0.3, 0.4) is 0 Å². The molecule has 0 bridgehead atoms. The molecule has 16 heavy (non-hydrogen) atoms. The first-order valence-electron chi connectivity index (χ1n) is 6.09. The molecule has 1 fully saturated rings. The summed E-state index contributed by atoms with van der Waals surface area (Å²) in [4.78, 5) is 22.2. The minimum Gasteiger partial charge on any atom is -0.460 e. The molecule has 0 amide bonds. The van der Waals surface area contributed by atoms with E-state index in [1.165, 1.54) is 0 Å². The summed E-state index contributed by atoms with van der Waals surface area (Å²) in [5.41, 5.74) is -0.392. The summed E-state index contributed by atoms with van der Waals surface area (Å²) in [6, 6.07) is 0. The number of rotatable bonds is 3. The molecular formula is C13H22O3. The number of aldehydes is 1. The average molecular weight is 226 g/mol. The van der Waals surface area contributed by atoms with E-state index in [1.54, 1.807) is 0 Å². The van der Waals surface area contributed by atoms with Crippen LogP contribution in [0.2, 0.25) is 0 Å². The van der Waals surface area contributed by atoms with Gasteiger partial charge in [-0.3, -0.25) is 4.79 Å². The third-order valence-electron chi connectivity index (χ3n) is 3.02. The Bertz CT molecular complexity index is 244. The zero-order chi connectivity index (χ0) is 12.2. The molecule has 1 aliphatic rings. The second-order valence-electron chi connectivity index (χ2n) is 5.65. The Morgan fingerprint density at radius 1 is 1.25 bits per heavy atom. The summed E-state index contributed by atoms with van der Waals surface area (Å²) in [5, 5.41) is 0. The highest BCUT2D eigenvalue weighted by atomic mass is 16.6. The predicted molar refractivity (Wildman–Crippen MR) is 62.0 cm³/mol. The fourth-order valence-electron chi connectivity index (χ4n) is 2.16. The lowest BCUT2D eigenvalue weighted by Gasteiger charge is -2.29. The molecule has 0 aromatic rings. The van der Waals surface area contributed by atoms with Gasteiger partial charge >= 0.3 is 5.97 Å². The molecule has 0 radical (unpaired) electrons. The molecule has 0 aromatic heterocycles. The summed E-state index contributed by atoms with van der Waals surface area (Å²) < 4.78 is 5.36. The Morgan fingerprint density at radius 3 is 2.25 bits per heavy atom. The van der Waals surface area contributed by atoms with E-state index in [2.05, 4.69) is 0 Å². The number of hydrogen-bond donors (Lipinski definition) is 0. The molecule has 3 heteroatoms. The van der Waals surface area contributed by atoms with E-state index in [0.717, 1.165) is 32.0 Å². The maximum atomic E-state index is 11.8. The Hall–Kier alpha value is -0.860. The van der Waals surface area contributed by atoms with Crippen molar-refractivity contribution in [2.24, 2.45) is 11.8 Å². The van der Waals surface area contributed by atoms with E-state index in [4.69, 9.17) is 4.74 Å². The van der Waals surface area contributed by atoms with Crippen LogP contribution in [0.15, 0.2) is 0 Å². The Labute approximate surface area is 97.5 Å². The van der Waals surface area contributed by atoms with Gasteiger partial charge in [0.05, 0.1) is 5.92 Å². The van der Waals surface area contributed by atoms with E-state index in [9.17, 15) is 9.59 Å². The monoisotopic (exact) mass is 226 g/mol. The van der Waals surface area contributed by atoms with Crippen LogP contribution in [0.4, 0.5) is 0 Å². The van der Waals surface area contributed by atoms with Crippen LogP contribution >= 0.6 is 0 Å². The van der Waals surface area contributed by atoms with E-state index < -0.39 is 5.60 Å². The van der Waals surface area contributed by atoms with E-state index >= 15 is 0 Å². The van der Waals surface area contributed by atoms with Gasteiger partial charge in [0.15, 0.2) is 0 Å². The normalized spacial score (nSPS) is 26.2. The van der Waals surface area contributed by atoms with Crippen LogP contribution in [0.5, 0.6) is 0 Å². The number of carbonyl (C=O) groups excluding carboxylic acids is 2. The molecule has 0 atom stereocenters. The molecular weight excluding hydrogens is 204 g/mol. The van der Waals surface area contributed by atoms with Crippen molar-refractivity contribution in [3.63, 3.8) is 0 Å². The van der Waals surface area contributed by atoms with Crippen LogP contribution in [-0.4, -0.2) is 17.9 Å². The third kappa shape index (κ3) is 4.33. The minimum absolute atomic E-state index is 0.0436. The molecule has 1 saturated carbocycles. The van der Waals surface area contributed by atoms with E-state index in [-0.39, 0.29) is 11.9 Å². The standard InChI is InChI=1S/C13H22O3/c1-13(2,3)16-12(15)11-6-4-10(5-7-11)8-9-14/h9-11H,4-8H2,1-3H3. The SMILES string of the molecule is CC(C)(C)OC(=O)C1CCC(CC=O)CC1. The van der Waals surface area contributed by atoms with Gasteiger partial charge < -0.3 is 9.53 Å². The van der Waals surface area contributed by atoms with Crippen molar-refractivity contribution in [3.8, 4) is 0 Å². The molecule has 3 nitrogen and oxygen atoms in total. The first-order chi connectivity index (χ1) is 7.42. The van der Waals surface area contributed by atoms with Crippen LogP contribution in [-0.2, 0) is 14.3 Å². The van der Waals surface area contributed by atoms with Gasteiger partial charge in [-0.1, -0.05) is 0 Å². The van der Waals surface area contributed by atoms with Gasteiger partial charge in [0, 0.05) is 6.42 Å². The van der Waals surface area contributed by atoms with Gasteiger partial charge in [0.25, 0.3) is 0 Å². The molecule has 1 rings (SSSR count). The summed E-state index contributed by atoms with van der Waals surface area (Å²) >= 11 is 0. The molecule has 0 N–H and O–H groups in total. The van der Waals surface area contributed by atoms with Crippen LogP contribution in [0.25, 0.3) is 0 Å². The molecule has 0 aliphatic heterocycles. The summed E-state index contributed by atoms with van der Waals surface area (Å²) in [5.74, 6) is 0.454. The maximum absolute atomic E-state index is 11.8. The van der Waals surface area contributed by atoms with Gasteiger partial charge in [-0.25, -0.2) is 0 Å². The lowest BCUT2D eigenvalue weighted by Crippen LogP contribution is -2.31. The molecule has 1 aliphatic carbocycles. The van der Waals surface area contributed by atoms with Crippen molar-refractivity contribution in [1.29, 1.82) is 0 Å². The Morgan fingerprint density at radius 2 is 1.81 bits per heavy atom.